The van der Waals surface area contributed by atoms with Crippen molar-refractivity contribution in [2.45, 2.75) is 26.2 Å². The third-order valence-electron chi connectivity index (χ3n) is 10.8. The average Bonchev–Trinajstić information content (AvgIpc) is 3.68. The first-order valence-electron chi connectivity index (χ1n) is 20.3. The number of piperazine rings is 1. The zero-order valence-electron chi connectivity index (χ0n) is 34.6. The lowest BCUT2D eigenvalue weighted by molar-refractivity contribution is 0.103. The number of nitrogens with zero attached hydrogens (tertiary/aromatic N) is 4. The van der Waals surface area contributed by atoms with E-state index in [0.29, 0.717) is 33.1 Å². The molecule has 3 N–H and O–H groups in total. The van der Waals surface area contributed by atoms with E-state index in [1.54, 1.807) is 50.6 Å². The molecule has 8 rings (SSSR count). The normalized spacial score (nSPS) is 13.6. The summed E-state index contributed by atoms with van der Waals surface area (Å²) in [7, 11) is 0.0568. The number of aromatic nitrogens is 3. The maximum atomic E-state index is 15.1. The summed E-state index contributed by atoms with van der Waals surface area (Å²) in [6.45, 7) is 8.49. The maximum absolute atomic E-state index is 15.1. The second-order valence-corrected chi connectivity index (χ2v) is 17.9. The molecule has 0 radical (unpaired) electrons. The number of hydrogen-bond donors (Lipinski definition) is 3. The van der Waals surface area contributed by atoms with Gasteiger partial charge in [-0.05, 0) is 105 Å². The van der Waals surface area contributed by atoms with Crippen LogP contribution in [0.2, 0.25) is 10.0 Å². The van der Waals surface area contributed by atoms with E-state index in [0.717, 1.165) is 63.9 Å². The standard InChI is InChI=1S/C23H18ClF2N3O3S.C23H29ClN4O/c1-2-9-33(31,32)29-19-8-7-18(25)20(21(19)26)22(30)17-12-28-23-16(17)10-14(11-27-23)13-3-5-15(24)6-4-13;1-27-11-13-28(14-12-27)10-4-3-9-25-23-19-7-5-17(24)15-22(19)26-21-8-6-18(29-2)16-20(21)23/h3-8,10-12,29H,2,9H2,1H3,(H,27,28);5-8,15-16H,3-4,9-14H2,1-2H3,(H,25,26). The van der Waals surface area contributed by atoms with Gasteiger partial charge < -0.3 is 24.8 Å². The van der Waals surface area contributed by atoms with Crippen LogP contribution in [0.15, 0.2) is 91.3 Å². The van der Waals surface area contributed by atoms with Crippen molar-refractivity contribution in [3.8, 4) is 16.9 Å². The van der Waals surface area contributed by atoms with Crippen LogP contribution in [0.25, 0.3) is 44.0 Å². The van der Waals surface area contributed by atoms with Crippen LogP contribution >= 0.6 is 23.2 Å². The second kappa shape index (κ2) is 19.8. The highest BCUT2D eigenvalue weighted by Gasteiger charge is 2.26. The summed E-state index contributed by atoms with van der Waals surface area (Å²) >= 11 is 12.1. The van der Waals surface area contributed by atoms with E-state index in [9.17, 15) is 17.6 Å². The monoisotopic (exact) mass is 901 g/mol. The molecular weight excluding hydrogens is 856 g/mol. The number of sulfonamides is 1. The van der Waals surface area contributed by atoms with Crippen molar-refractivity contribution in [2.75, 3.05) is 69.2 Å². The van der Waals surface area contributed by atoms with Gasteiger partial charge in [-0.3, -0.25) is 9.52 Å². The van der Waals surface area contributed by atoms with Crippen molar-refractivity contribution in [1.29, 1.82) is 0 Å². The first kappa shape index (κ1) is 44.7. The van der Waals surface area contributed by atoms with Crippen molar-refractivity contribution in [3.63, 3.8) is 0 Å². The third kappa shape index (κ3) is 10.4. The van der Waals surface area contributed by atoms with Crippen LogP contribution in [0.1, 0.15) is 42.1 Å². The predicted octanol–water partition coefficient (Wildman–Crippen LogP) is 10.0. The topological polar surface area (TPSA) is 133 Å². The number of nitrogens with one attached hydrogen (secondary N) is 3. The molecule has 0 saturated carbocycles. The molecule has 1 fully saturated rings. The Morgan fingerprint density at radius 3 is 2.37 bits per heavy atom. The lowest BCUT2D eigenvalue weighted by Gasteiger charge is -2.32. The number of carbonyl (C=O) groups is 1. The van der Waals surface area contributed by atoms with Gasteiger partial charge in [0.25, 0.3) is 0 Å². The number of likely N-dealkylation sites (N-methyl/N-ethyl adjacent to an activating group) is 1. The number of H-pyrrole nitrogens is 1. The van der Waals surface area contributed by atoms with E-state index >= 15 is 4.39 Å². The van der Waals surface area contributed by atoms with Gasteiger partial charge in [0.15, 0.2) is 5.82 Å². The van der Waals surface area contributed by atoms with Crippen molar-refractivity contribution in [3.05, 3.63) is 124 Å². The highest BCUT2D eigenvalue weighted by molar-refractivity contribution is 7.92. The molecular formula is C46H47Cl2F2N7O4S. The van der Waals surface area contributed by atoms with E-state index in [1.165, 1.54) is 45.3 Å². The quantitative estimate of drug-likeness (QED) is 0.0554. The molecule has 0 atom stereocenters. The molecule has 4 aromatic carbocycles. The first-order chi connectivity index (χ1) is 29.8. The smallest absolute Gasteiger partial charge is 0.232 e. The molecule has 0 spiro atoms. The summed E-state index contributed by atoms with van der Waals surface area (Å²) in [6, 6.07) is 22.4. The Bertz CT molecular complexity index is 2840. The van der Waals surface area contributed by atoms with Gasteiger partial charge in [0.2, 0.25) is 15.8 Å². The van der Waals surface area contributed by atoms with Crippen LogP contribution < -0.4 is 14.8 Å². The Hall–Kier alpha value is -5.38. The molecule has 4 heterocycles. The number of ether oxygens (including phenoxy) is 1. The number of fused-ring (bicyclic) bond motifs is 3. The highest BCUT2D eigenvalue weighted by atomic mass is 35.5. The maximum Gasteiger partial charge on any atom is 0.232 e. The van der Waals surface area contributed by atoms with Crippen LogP contribution in [0.5, 0.6) is 5.75 Å². The van der Waals surface area contributed by atoms with Gasteiger partial charge in [-0.25, -0.2) is 27.2 Å². The lowest BCUT2D eigenvalue weighted by atomic mass is 10.00. The Morgan fingerprint density at radius 1 is 0.871 bits per heavy atom. The number of carbonyl (C=O) groups excluding carboxylic acids is 1. The summed E-state index contributed by atoms with van der Waals surface area (Å²) in [4.78, 5) is 30.1. The highest BCUT2D eigenvalue weighted by Crippen LogP contribution is 2.35. The van der Waals surface area contributed by atoms with Crippen molar-refractivity contribution in [1.82, 2.24) is 24.8 Å². The number of unbranched alkanes of at least 4 members (excludes halogenated alkanes) is 1. The zero-order chi connectivity index (χ0) is 44.0. The summed E-state index contributed by atoms with van der Waals surface area (Å²) < 4.78 is 61.3. The van der Waals surface area contributed by atoms with Crippen molar-refractivity contribution in [2.24, 2.45) is 0 Å². The molecule has 11 nitrogen and oxygen atoms in total. The minimum atomic E-state index is -3.84. The molecule has 1 aliphatic heterocycles. The Balaban J connectivity index is 0.000000188. The number of hydrogen-bond acceptors (Lipinski definition) is 9. The molecule has 0 amide bonds. The van der Waals surface area contributed by atoms with Crippen LogP contribution in [-0.4, -0.2) is 98.1 Å². The molecule has 62 heavy (non-hydrogen) atoms. The van der Waals surface area contributed by atoms with Crippen LogP contribution in [0, 0.1) is 11.6 Å². The summed E-state index contributed by atoms with van der Waals surface area (Å²) in [5.74, 6) is -2.73. The number of rotatable bonds is 14. The van der Waals surface area contributed by atoms with E-state index in [4.69, 9.17) is 32.9 Å². The number of aromatic amines is 1. The number of anilines is 2. The first-order valence-corrected chi connectivity index (χ1v) is 22.7. The van der Waals surface area contributed by atoms with Crippen LogP contribution in [-0.2, 0) is 10.0 Å². The van der Waals surface area contributed by atoms with E-state index in [1.807, 2.05) is 24.3 Å². The fourth-order valence-electron chi connectivity index (χ4n) is 7.41. The molecule has 1 saturated heterocycles. The molecule has 0 bridgehead atoms. The van der Waals surface area contributed by atoms with Crippen molar-refractivity contribution < 1.29 is 26.7 Å². The van der Waals surface area contributed by atoms with Gasteiger partial charge in [-0.1, -0.05) is 42.3 Å². The minimum absolute atomic E-state index is 0.000297. The van der Waals surface area contributed by atoms with E-state index < -0.39 is 38.7 Å². The van der Waals surface area contributed by atoms with Crippen molar-refractivity contribution >= 4 is 83.2 Å². The van der Waals surface area contributed by atoms with Gasteiger partial charge in [-0.15, -0.1) is 0 Å². The molecule has 0 unspecified atom stereocenters. The minimum Gasteiger partial charge on any atom is -0.497 e. The Kier molecular flexibility index (Phi) is 14.2. The number of pyridine rings is 2. The summed E-state index contributed by atoms with van der Waals surface area (Å²) in [5.41, 5.74) is 3.44. The van der Waals surface area contributed by atoms with E-state index in [2.05, 4.69) is 49.0 Å². The average molecular weight is 903 g/mol. The number of halogens is 4. The summed E-state index contributed by atoms with van der Waals surface area (Å²) in [5, 5.41) is 7.48. The second-order valence-electron chi connectivity index (χ2n) is 15.2. The molecule has 324 valence electrons. The van der Waals surface area contributed by atoms with Gasteiger partial charge in [0, 0.05) is 82.4 Å². The fourth-order valence-corrected chi connectivity index (χ4v) is 8.84. The molecule has 16 heteroatoms. The molecule has 7 aromatic rings. The Morgan fingerprint density at radius 2 is 1.63 bits per heavy atom. The number of benzene rings is 4. The molecule has 3 aromatic heterocycles. The number of ketones is 1. The van der Waals surface area contributed by atoms with Gasteiger partial charge in [0.1, 0.15) is 17.2 Å². The Labute approximate surface area is 369 Å². The largest absolute Gasteiger partial charge is 0.497 e. The zero-order valence-corrected chi connectivity index (χ0v) is 36.9. The van der Waals surface area contributed by atoms with Crippen LogP contribution in [0.4, 0.5) is 20.2 Å². The van der Waals surface area contributed by atoms with Gasteiger partial charge in [0.05, 0.1) is 40.8 Å². The lowest BCUT2D eigenvalue weighted by Crippen LogP contribution is -2.44. The third-order valence-corrected chi connectivity index (χ3v) is 12.7. The predicted molar refractivity (Wildman–Crippen MR) is 247 cm³/mol. The number of methoxy groups -OCH3 is 1. The van der Waals surface area contributed by atoms with Gasteiger partial charge in [-0.2, -0.15) is 0 Å². The summed E-state index contributed by atoms with van der Waals surface area (Å²) in [6.07, 6.45) is 5.56. The van der Waals surface area contributed by atoms with Crippen LogP contribution in [0.3, 0.4) is 0 Å². The van der Waals surface area contributed by atoms with Gasteiger partial charge >= 0.3 is 0 Å². The SMILES string of the molecule is CCCS(=O)(=O)Nc1ccc(F)c(C(=O)c2c[nH]c3ncc(-c4ccc(Cl)cc4)cc23)c1F.COc1ccc2nc3cc(Cl)ccc3c(NCCCCN3CCN(C)CC3)c2c1. The van der Waals surface area contributed by atoms with E-state index in [-0.39, 0.29) is 11.3 Å². The fraction of sp³-hybridized carbons (Fsp3) is 0.283. The molecule has 0 aliphatic carbocycles. The molecule has 1 aliphatic rings.